The first-order valence-electron chi connectivity index (χ1n) is 9.43. The van der Waals surface area contributed by atoms with Gasteiger partial charge in [-0.2, -0.15) is 0 Å². The number of hydrazine groups is 1. The standard InChI is InChI=1S/C20H29N3O2/c24-19-11-5-4-10-17(19)18-15-23(14-13-21-18)22-20(25)12-6-9-16-7-2-1-3-8-16/h1-2,4-5,10-11,16,18,21,24H,3,6-9,12-15H2,(H,22,25). The maximum absolute atomic E-state index is 12.2. The molecule has 2 atom stereocenters. The summed E-state index contributed by atoms with van der Waals surface area (Å²) in [6.45, 7) is 2.23. The number of benzene rings is 1. The quantitative estimate of drug-likeness (QED) is 0.695. The van der Waals surface area contributed by atoms with E-state index in [4.69, 9.17) is 0 Å². The second-order valence-electron chi connectivity index (χ2n) is 7.09. The van der Waals surface area contributed by atoms with Crippen LogP contribution in [0.5, 0.6) is 5.75 Å². The monoisotopic (exact) mass is 343 g/mol. The van der Waals surface area contributed by atoms with Crippen LogP contribution in [-0.4, -0.2) is 35.7 Å². The molecule has 0 bridgehead atoms. The molecule has 3 rings (SSSR count). The molecule has 2 unspecified atom stereocenters. The van der Waals surface area contributed by atoms with Crippen molar-refractivity contribution in [3.8, 4) is 5.75 Å². The average Bonchev–Trinajstić information content (AvgIpc) is 2.63. The second kappa shape index (κ2) is 9.02. The molecule has 1 aliphatic carbocycles. The van der Waals surface area contributed by atoms with Gasteiger partial charge in [-0.05, 0) is 44.1 Å². The molecule has 0 spiro atoms. The average molecular weight is 343 g/mol. The number of carbonyl (C=O) groups excluding carboxylic acids is 1. The van der Waals surface area contributed by atoms with Crippen LogP contribution in [0.1, 0.15) is 50.1 Å². The van der Waals surface area contributed by atoms with Crippen molar-refractivity contribution >= 4 is 5.91 Å². The normalized spacial score (nSPS) is 24.2. The highest BCUT2D eigenvalue weighted by Gasteiger charge is 2.23. The Labute approximate surface area is 150 Å². The first-order valence-corrected chi connectivity index (χ1v) is 9.43. The van der Waals surface area contributed by atoms with Gasteiger partial charge in [0.2, 0.25) is 5.91 Å². The minimum Gasteiger partial charge on any atom is -0.508 e. The molecule has 2 aliphatic rings. The first kappa shape index (κ1) is 18.0. The van der Waals surface area contributed by atoms with Crippen molar-refractivity contribution in [3.63, 3.8) is 0 Å². The van der Waals surface area contributed by atoms with E-state index in [9.17, 15) is 9.90 Å². The van der Waals surface area contributed by atoms with Crippen LogP contribution in [0, 0.1) is 5.92 Å². The maximum atomic E-state index is 12.2. The number of aromatic hydroxyl groups is 1. The molecule has 5 heteroatoms. The molecule has 0 aromatic heterocycles. The summed E-state index contributed by atoms with van der Waals surface area (Å²) in [5.74, 6) is 1.15. The molecule has 1 aliphatic heterocycles. The Balaban J connectivity index is 1.42. The molecule has 136 valence electrons. The van der Waals surface area contributed by atoms with Gasteiger partial charge in [0.25, 0.3) is 0 Å². The van der Waals surface area contributed by atoms with Crippen LogP contribution >= 0.6 is 0 Å². The lowest BCUT2D eigenvalue weighted by Crippen LogP contribution is -2.53. The van der Waals surface area contributed by atoms with Crippen LogP contribution in [0.3, 0.4) is 0 Å². The summed E-state index contributed by atoms with van der Waals surface area (Å²) < 4.78 is 0. The molecule has 25 heavy (non-hydrogen) atoms. The zero-order valence-electron chi connectivity index (χ0n) is 14.8. The summed E-state index contributed by atoms with van der Waals surface area (Å²) in [4.78, 5) is 12.2. The minimum atomic E-state index is 0.0317. The van der Waals surface area contributed by atoms with Gasteiger partial charge in [-0.1, -0.05) is 30.4 Å². The van der Waals surface area contributed by atoms with E-state index in [1.807, 2.05) is 23.2 Å². The lowest BCUT2D eigenvalue weighted by Gasteiger charge is -2.34. The van der Waals surface area contributed by atoms with E-state index in [1.165, 1.54) is 19.3 Å². The van der Waals surface area contributed by atoms with Gasteiger partial charge < -0.3 is 10.4 Å². The highest BCUT2D eigenvalue weighted by atomic mass is 16.3. The number of hydrogen-bond acceptors (Lipinski definition) is 4. The van der Waals surface area contributed by atoms with E-state index >= 15 is 0 Å². The van der Waals surface area contributed by atoms with E-state index in [0.717, 1.165) is 37.4 Å². The Morgan fingerprint density at radius 1 is 1.32 bits per heavy atom. The lowest BCUT2D eigenvalue weighted by molar-refractivity contribution is -0.126. The van der Waals surface area contributed by atoms with Crippen LogP contribution in [0.15, 0.2) is 36.4 Å². The minimum absolute atomic E-state index is 0.0317. The van der Waals surface area contributed by atoms with Gasteiger partial charge in [-0.3, -0.25) is 10.2 Å². The zero-order chi connectivity index (χ0) is 17.5. The fourth-order valence-corrected chi connectivity index (χ4v) is 3.74. The molecular formula is C20H29N3O2. The topological polar surface area (TPSA) is 64.6 Å². The number of nitrogens with zero attached hydrogens (tertiary/aromatic N) is 1. The maximum Gasteiger partial charge on any atom is 0.234 e. The molecule has 3 N–H and O–H groups in total. The first-order chi connectivity index (χ1) is 12.2. The van der Waals surface area contributed by atoms with Gasteiger partial charge >= 0.3 is 0 Å². The van der Waals surface area contributed by atoms with Crippen LogP contribution in [0.2, 0.25) is 0 Å². The van der Waals surface area contributed by atoms with Crippen LogP contribution in [0.4, 0.5) is 0 Å². The third kappa shape index (κ3) is 5.31. The van der Waals surface area contributed by atoms with Gasteiger partial charge in [0, 0.05) is 31.6 Å². The van der Waals surface area contributed by atoms with Gasteiger partial charge in [0.05, 0.1) is 6.04 Å². The van der Waals surface area contributed by atoms with Gasteiger partial charge in [0.1, 0.15) is 5.75 Å². The van der Waals surface area contributed by atoms with Crippen LogP contribution < -0.4 is 10.7 Å². The summed E-state index contributed by atoms with van der Waals surface area (Å²) in [7, 11) is 0. The summed E-state index contributed by atoms with van der Waals surface area (Å²) in [6, 6.07) is 7.41. The number of phenols is 1. The summed E-state index contributed by atoms with van der Waals surface area (Å²) in [6.07, 6.45) is 10.8. The molecule has 1 aromatic carbocycles. The molecule has 1 amide bonds. The predicted octanol–water partition coefficient (Wildman–Crippen LogP) is 2.90. The highest BCUT2D eigenvalue weighted by Crippen LogP contribution is 2.25. The van der Waals surface area contributed by atoms with Gasteiger partial charge in [0.15, 0.2) is 0 Å². The van der Waals surface area contributed by atoms with Crippen molar-refractivity contribution in [1.29, 1.82) is 0 Å². The zero-order valence-corrected chi connectivity index (χ0v) is 14.8. The predicted molar refractivity (Wildman–Crippen MR) is 98.9 cm³/mol. The molecule has 0 radical (unpaired) electrons. The van der Waals surface area contributed by atoms with Crippen molar-refractivity contribution < 1.29 is 9.90 Å². The van der Waals surface area contributed by atoms with E-state index in [0.29, 0.717) is 18.7 Å². The van der Waals surface area contributed by atoms with E-state index < -0.39 is 0 Å². The number of phenolic OH excluding ortho intramolecular Hbond substituents is 1. The summed E-state index contributed by atoms with van der Waals surface area (Å²) in [5, 5.41) is 15.4. The third-order valence-electron chi connectivity index (χ3n) is 5.16. The van der Waals surface area contributed by atoms with Gasteiger partial charge in [-0.25, -0.2) is 5.01 Å². The van der Waals surface area contributed by atoms with E-state index in [-0.39, 0.29) is 11.9 Å². The van der Waals surface area contributed by atoms with Gasteiger partial charge in [-0.15, -0.1) is 0 Å². The van der Waals surface area contributed by atoms with Crippen molar-refractivity contribution in [2.45, 2.75) is 44.6 Å². The molecule has 1 fully saturated rings. The van der Waals surface area contributed by atoms with Crippen LogP contribution in [0.25, 0.3) is 0 Å². The van der Waals surface area contributed by atoms with E-state index in [2.05, 4.69) is 22.9 Å². The molecule has 1 heterocycles. The molecular weight excluding hydrogens is 314 g/mol. The summed E-state index contributed by atoms with van der Waals surface area (Å²) in [5.41, 5.74) is 3.92. The van der Waals surface area contributed by atoms with E-state index in [1.54, 1.807) is 6.07 Å². The largest absolute Gasteiger partial charge is 0.508 e. The highest BCUT2D eigenvalue weighted by molar-refractivity contribution is 5.75. The Morgan fingerprint density at radius 2 is 2.20 bits per heavy atom. The number of amides is 1. The SMILES string of the molecule is O=C(CCCC1CC=CCC1)NN1CCNC(c2ccccc2O)C1. The number of piperazine rings is 1. The van der Waals surface area contributed by atoms with Crippen molar-refractivity contribution in [2.24, 2.45) is 5.92 Å². The van der Waals surface area contributed by atoms with Crippen molar-refractivity contribution in [2.75, 3.05) is 19.6 Å². The van der Waals surface area contributed by atoms with Crippen LogP contribution in [-0.2, 0) is 4.79 Å². The third-order valence-corrected chi connectivity index (χ3v) is 5.16. The molecule has 1 saturated heterocycles. The number of nitrogens with one attached hydrogen (secondary N) is 2. The Morgan fingerprint density at radius 3 is 3.00 bits per heavy atom. The smallest absolute Gasteiger partial charge is 0.234 e. The molecule has 1 aromatic rings. The van der Waals surface area contributed by atoms with Crippen molar-refractivity contribution in [1.82, 2.24) is 15.8 Å². The Hall–Kier alpha value is -1.85. The number of hydrogen-bond donors (Lipinski definition) is 3. The molecule has 5 nitrogen and oxygen atoms in total. The molecule has 0 saturated carbocycles. The second-order valence-corrected chi connectivity index (χ2v) is 7.09. The number of carbonyl (C=O) groups is 1. The number of rotatable bonds is 6. The van der Waals surface area contributed by atoms with Crippen molar-refractivity contribution in [3.05, 3.63) is 42.0 Å². The number of para-hydroxylation sites is 1. The fourth-order valence-electron chi connectivity index (χ4n) is 3.74. The Kier molecular flexibility index (Phi) is 6.48. The Bertz CT molecular complexity index is 602. The summed E-state index contributed by atoms with van der Waals surface area (Å²) >= 11 is 0. The number of allylic oxidation sites excluding steroid dienone is 2. The lowest BCUT2D eigenvalue weighted by atomic mass is 9.90. The fraction of sp³-hybridized carbons (Fsp3) is 0.550.